The molecule has 110 valence electrons. The molecule has 0 bridgehead atoms. The van der Waals surface area contributed by atoms with E-state index in [1.807, 2.05) is 4.72 Å². The van der Waals surface area contributed by atoms with Crippen molar-refractivity contribution in [2.75, 3.05) is 0 Å². The molecule has 3 N–H and O–H groups in total. The molecule has 0 saturated carbocycles. The lowest BCUT2D eigenvalue weighted by atomic mass is 10.2. The van der Waals surface area contributed by atoms with Crippen LogP contribution in [0, 0.1) is 6.92 Å². The van der Waals surface area contributed by atoms with Crippen LogP contribution in [0.2, 0.25) is 5.02 Å². The summed E-state index contributed by atoms with van der Waals surface area (Å²) in [6.45, 7) is 1.49. The highest BCUT2D eigenvalue weighted by atomic mass is 35.5. The van der Waals surface area contributed by atoms with Gasteiger partial charge >= 0.3 is 11.9 Å². The average Bonchev–Trinajstić information content (AvgIpc) is 2.26. The van der Waals surface area contributed by atoms with Crippen molar-refractivity contribution in [1.29, 1.82) is 0 Å². The Hall–Kier alpha value is -1.64. The molecule has 1 atom stereocenters. The third kappa shape index (κ3) is 4.19. The zero-order chi connectivity index (χ0) is 15.5. The summed E-state index contributed by atoms with van der Waals surface area (Å²) in [5.74, 6) is -2.99. The Kier molecular flexibility index (Phi) is 5.09. The number of sulfonamides is 1. The molecule has 1 aromatic rings. The summed E-state index contributed by atoms with van der Waals surface area (Å²) in [6, 6.07) is 2.23. The van der Waals surface area contributed by atoms with E-state index in [-0.39, 0.29) is 4.90 Å². The van der Waals surface area contributed by atoms with E-state index in [0.29, 0.717) is 10.6 Å². The number of aryl methyl sites for hydroxylation is 1. The Morgan fingerprint density at radius 2 is 1.95 bits per heavy atom. The molecule has 0 spiro atoms. The molecule has 0 aliphatic heterocycles. The molecule has 0 unspecified atom stereocenters. The first kappa shape index (κ1) is 16.4. The fraction of sp³-hybridized carbons (Fsp3) is 0.273. The van der Waals surface area contributed by atoms with Gasteiger partial charge in [0.25, 0.3) is 0 Å². The van der Waals surface area contributed by atoms with Crippen molar-refractivity contribution in [3.8, 4) is 0 Å². The quantitative estimate of drug-likeness (QED) is 0.714. The van der Waals surface area contributed by atoms with E-state index in [4.69, 9.17) is 21.8 Å². The number of carboxylic acid groups (broad SMARTS) is 2. The topological polar surface area (TPSA) is 121 Å². The molecule has 0 heterocycles. The first-order valence-corrected chi connectivity index (χ1v) is 7.22. The zero-order valence-corrected chi connectivity index (χ0v) is 11.9. The first-order valence-electron chi connectivity index (χ1n) is 5.36. The van der Waals surface area contributed by atoms with Crippen LogP contribution in [0.3, 0.4) is 0 Å². The molecule has 0 aromatic heterocycles. The zero-order valence-electron chi connectivity index (χ0n) is 10.3. The van der Waals surface area contributed by atoms with Crippen molar-refractivity contribution < 1.29 is 28.2 Å². The molecule has 9 heteroatoms. The SMILES string of the molecule is Cc1cc(Cl)ccc1S(=O)(=O)N[C@@H](CC(=O)O)C(=O)O. The van der Waals surface area contributed by atoms with Crippen molar-refractivity contribution in [3.63, 3.8) is 0 Å². The predicted molar refractivity (Wildman–Crippen MR) is 70.2 cm³/mol. The molecule has 1 rings (SSSR count). The van der Waals surface area contributed by atoms with E-state index >= 15 is 0 Å². The van der Waals surface area contributed by atoms with Gasteiger partial charge in [0.15, 0.2) is 0 Å². The smallest absolute Gasteiger partial charge is 0.322 e. The maximum atomic E-state index is 12.1. The normalized spacial score (nSPS) is 12.9. The van der Waals surface area contributed by atoms with Gasteiger partial charge in [0.05, 0.1) is 11.3 Å². The van der Waals surface area contributed by atoms with E-state index in [0.717, 1.165) is 0 Å². The van der Waals surface area contributed by atoms with Crippen LogP contribution >= 0.6 is 11.6 Å². The van der Waals surface area contributed by atoms with E-state index in [9.17, 15) is 18.0 Å². The second-order valence-corrected chi connectivity index (χ2v) is 6.14. The Morgan fingerprint density at radius 3 is 2.40 bits per heavy atom. The van der Waals surface area contributed by atoms with Crippen LogP contribution in [0.15, 0.2) is 23.1 Å². The highest BCUT2D eigenvalue weighted by molar-refractivity contribution is 7.89. The Labute approximate surface area is 120 Å². The summed E-state index contributed by atoms with van der Waals surface area (Å²) >= 11 is 5.71. The number of nitrogens with one attached hydrogen (secondary N) is 1. The fourth-order valence-electron chi connectivity index (χ4n) is 1.52. The second-order valence-electron chi connectivity index (χ2n) is 4.02. The van der Waals surface area contributed by atoms with Gasteiger partial charge < -0.3 is 10.2 Å². The Morgan fingerprint density at radius 1 is 1.35 bits per heavy atom. The van der Waals surface area contributed by atoms with Gasteiger partial charge in [0.1, 0.15) is 6.04 Å². The highest BCUT2D eigenvalue weighted by Crippen LogP contribution is 2.20. The molecular formula is C11H12ClNO6S. The third-order valence-corrected chi connectivity index (χ3v) is 4.27. The lowest BCUT2D eigenvalue weighted by Gasteiger charge is -2.14. The molecule has 1 aromatic carbocycles. The van der Waals surface area contributed by atoms with Crippen LogP contribution in [-0.4, -0.2) is 36.6 Å². The van der Waals surface area contributed by atoms with E-state index in [1.54, 1.807) is 0 Å². The van der Waals surface area contributed by atoms with Crippen molar-refractivity contribution in [2.24, 2.45) is 0 Å². The first-order chi connectivity index (χ1) is 9.13. The van der Waals surface area contributed by atoms with Gasteiger partial charge in [-0.25, -0.2) is 8.42 Å². The number of hydrogen-bond donors (Lipinski definition) is 3. The third-order valence-electron chi connectivity index (χ3n) is 2.40. The van der Waals surface area contributed by atoms with Crippen LogP contribution in [0.4, 0.5) is 0 Å². The maximum Gasteiger partial charge on any atom is 0.322 e. The van der Waals surface area contributed by atoms with Gasteiger partial charge in [-0.15, -0.1) is 0 Å². The van der Waals surface area contributed by atoms with Crippen LogP contribution in [-0.2, 0) is 19.6 Å². The minimum atomic E-state index is -4.15. The maximum absolute atomic E-state index is 12.1. The number of halogens is 1. The van der Waals surface area contributed by atoms with Crippen LogP contribution in [0.1, 0.15) is 12.0 Å². The lowest BCUT2D eigenvalue weighted by molar-refractivity contribution is -0.145. The number of rotatable bonds is 6. The number of benzene rings is 1. The molecule has 0 radical (unpaired) electrons. The lowest BCUT2D eigenvalue weighted by Crippen LogP contribution is -2.42. The molecule has 0 fully saturated rings. The van der Waals surface area contributed by atoms with Crippen molar-refractivity contribution in [3.05, 3.63) is 28.8 Å². The molecule has 7 nitrogen and oxygen atoms in total. The molecule has 0 aliphatic rings. The summed E-state index contributed by atoms with van der Waals surface area (Å²) < 4.78 is 25.9. The Balaban J connectivity index is 3.09. The second kappa shape index (κ2) is 6.21. The number of carbonyl (C=O) groups is 2. The molecular weight excluding hydrogens is 310 g/mol. The fourth-order valence-corrected chi connectivity index (χ4v) is 3.16. The summed E-state index contributed by atoms with van der Waals surface area (Å²) in [7, 11) is -4.15. The molecule has 0 amide bonds. The number of aliphatic carboxylic acids is 2. The van der Waals surface area contributed by atoms with Crippen LogP contribution < -0.4 is 4.72 Å². The van der Waals surface area contributed by atoms with Gasteiger partial charge in [-0.1, -0.05) is 11.6 Å². The molecule has 0 saturated heterocycles. The van der Waals surface area contributed by atoms with Gasteiger partial charge in [-0.3, -0.25) is 9.59 Å². The average molecular weight is 322 g/mol. The van der Waals surface area contributed by atoms with E-state index < -0.39 is 34.4 Å². The predicted octanol–water partition coefficient (Wildman–Crippen LogP) is 0.855. The van der Waals surface area contributed by atoms with Crippen molar-refractivity contribution in [1.82, 2.24) is 4.72 Å². The van der Waals surface area contributed by atoms with Crippen molar-refractivity contribution in [2.45, 2.75) is 24.3 Å². The van der Waals surface area contributed by atoms with Gasteiger partial charge in [0, 0.05) is 5.02 Å². The van der Waals surface area contributed by atoms with Crippen molar-refractivity contribution >= 4 is 33.6 Å². The van der Waals surface area contributed by atoms with Crippen LogP contribution in [0.25, 0.3) is 0 Å². The number of hydrogen-bond acceptors (Lipinski definition) is 4. The van der Waals surface area contributed by atoms with Gasteiger partial charge in [0.2, 0.25) is 10.0 Å². The summed E-state index contributed by atoms with van der Waals surface area (Å²) in [6.07, 6.45) is -0.860. The minimum absolute atomic E-state index is 0.154. The standard InChI is InChI=1S/C11H12ClNO6S/c1-6-4-7(12)2-3-9(6)20(18,19)13-8(11(16)17)5-10(14)15/h2-4,8,13H,5H2,1H3,(H,14,15)(H,16,17)/t8-/m0/s1. The summed E-state index contributed by atoms with van der Waals surface area (Å²) in [4.78, 5) is 21.3. The summed E-state index contributed by atoms with van der Waals surface area (Å²) in [5.41, 5.74) is 0.324. The van der Waals surface area contributed by atoms with Gasteiger partial charge in [-0.2, -0.15) is 4.72 Å². The van der Waals surface area contributed by atoms with E-state index in [1.165, 1.54) is 25.1 Å². The summed E-state index contributed by atoms with van der Waals surface area (Å²) in [5, 5.41) is 17.7. The monoisotopic (exact) mass is 321 g/mol. The van der Waals surface area contributed by atoms with Crippen LogP contribution in [0.5, 0.6) is 0 Å². The largest absolute Gasteiger partial charge is 0.481 e. The van der Waals surface area contributed by atoms with Gasteiger partial charge in [-0.05, 0) is 30.7 Å². The molecule has 0 aliphatic carbocycles. The van der Waals surface area contributed by atoms with E-state index in [2.05, 4.69) is 0 Å². The number of carboxylic acids is 2. The minimum Gasteiger partial charge on any atom is -0.481 e. The highest BCUT2D eigenvalue weighted by Gasteiger charge is 2.28. The molecule has 20 heavy (non-hydrogen) atoms. The Bertz CT molecular complexity index is 642.